The lowest BCUT2D eigenvalue weighted by Crippen LogP contribution is -2.30. The van der Waals surface area contributed by atoms with E-state index in [1.165, 1.54) is 4.31 Å². The highest BCUT2D eigenvalue weighted by Gasteiger charge is 2.21. The smallest absolute Gasteiger partial charge is 0.243 e. The van der Waals surface area contributed by atoms with Crippen molar-refractivity contribution in [1.82, 2.24) is 24.6 Å². The minimum atomic E-state index is -3.42. The summed E-state index contributed by atoms with van der Waals surface area (Å²) in [6.45, 7) is 7.38. The van der Waals surface area contributed by atoms with Crippen LogP contribution in [0.25, 0.3) is 11.0 Å². The highest BCUT2D eigenvalue weighted by Crippen LogP contribution is 2.20. The molecular weight excluding hydrogens is 374 g/mol. The highest BCUT2D eigenvalue weighted by molar-refractivity contribution is 7.89. The maximum absolute atomic E-state index is 12.6. The molecular formula is C20H27N5O2S. The van der Waals surface area contributed by atoms with Crippen molar-refractivity contribution >= 4 is 21.1 Å². The number of aryl methyl sites for hydroxylation is 1. The molecule has 7 nitrogen and oxygen atoms in total. The number of fused-ring (bicyclic) bond motifs is 1. The molecule has 0 aliphatic rings. The first-order valence-corrected chi connectivity index (χ1v) is 10.9. The van der Waals surface area contributed by atoms with E-state index in [1.807, 2.05) is 45.2 Å². The number of nitrogens with one attached hydrogen (secondary N) is 1. The van der Waals surface area contributed by atoms with Gasteiger partial charge in [0.15, 0.2) is 0 Å². The summed E-state index contributed by atoms with van der Waals surface area (Å²) in [5.74, 6) is 0. The molecule has 0 aliphatic carbocycles. The first kappa shape index (κ1) is 20.4. The minimum Gasteiger partial charge on any atom is -0.306 e. The van der Waals surface area contributed by atoms with Gasteiger partial charge in [-0.15, -0.1) is 5.10 Å². The van der Waals surface area contributed by atoms with Gasteiger partial charge in [0.1, 0.15) is 5.52 Å². The second-order valence-electron chi connectivity index (χ2n) is 6.80. The van der Waals surface area contributed by atoms with Crippen LogP contribution >= 0.6 is 0 Å². The van der Waals surface area contributed by atoms with Gasteiger partial charge in [0, 0.05) is 32.7 Å². The van der Waals surface area contributed by atoms with E-state index >= 15 is 0 Å². The zero-order valence-electron chi connectivity index (χ0n) is 16.8. The van der Waals surface area contributed by atoms with Crippen molar-refractivity contribution in [2.45, 2.75) is 38.3 Å². The summed E-state index contributed by atoms with van der Waals surface area (Å²) in [6.07, 6.45) is 0. The summed E-state index contributed by atoms with van der Waals surface area (Å²) in [5.41, 5.74) is 4.04. The maximum Gasteiger partial charge on any atom is 0.243 e. The van der Waals surface area contributed by atoms with Gasteiger partial charge in [-0.05, 0) is 42.3 Å². The van der Waals surface area contributed by atoms with Crippen LogP contribution in [-0.2, 0) is 23.6 Å². The zero-order valence-corrected chi connectivity index (χ0v) is 17.6. The quantitative estimate of drug-likeness (QED) is 0.628. The van der Waals surface area contributed by atoms with Gasteiger partial charge in [0.25, 0.3) is 0 Å². The van der Waals surface area contributed by atoms with Crippen LogP contribution < -0.4 is 5.32 Å². The molecule has 0 saturated heterocycles. The number of nitrogens with zero attached hydrogens (tertiary/aromatic N) is 4. The molecule has 8 heteroatoms. The van der Waals surface area contributed by atoms with Gasteiger partial charge in [0.05, 0.1) is 10.4 Å². The van der Waals surface area contributed by atoms with Crippen molar-refractivity contribution in [1.29, 1.82) is 0 Å². The number of hydrogen-bond acceptors (Lipinski definition) is 5. The molecule has 1 aromatic heterocycles. The SMILES string of the molecule is CCN(CC)S(=O)(=O)c1ccc([C@@H](C)NCc2ccc3c(c2)nnn3C)cc1. The molecule has 2 aromatic carbocycles. The molecule has 1 atom stereocenters. The first-order chi connectivity index (χ1) is 13.4. The number of hydrogen-bond donors (Lipinski definition) is 1. The summed E-state index contributed by atoms with van der Waals surface area (Å²) < 4.78 is 28.4. The standard InChI is InChI=1S/C20H27N5O2S/c1-5-25(6-2)28(26,27)18-10-8-17(9-11-18)15(3)21-14-16-7-12-20-19(13-16)22-23-24(20)4/h7-13,15,21H,5-6,14H2,1-4H3/t15-/m1/s1. The second-order valence-corrected chi connectivity index (χ2v) is 8.74. The van der Waals surface area contributed by atoms with Crippen LogP contribution in [0.3, 0.4) is 0 Å². The van der Waals surface area contributed by atoms with E-state index in [-0.39, 0.29) is 6.04 Å². The first-order valence-electron chi connectivity index (χ1n) is 9.48. The van der Waals surface area contributed by atoms with Crippen LogP contribution in [0.4, 0.5) is 0 Å². The number of sulfonamides is 1. The Bertz CT molecular complexity index is 1040. The molecule has 0 amide bonds. The van der Waals surface area contributed by atoms with Crippen molar-refractivity contribution in [3.05, 3.63) is 53.6 Å². The van der Waals surface area contributed by atoms with Crippen LogP contribution in [0.1, 0.15) is 37.9 Å². The average molecular weight is 402 g/mol. The molecule has 0 saturated carbocycles. The molecule has 0 bridgehead atoms. The number of benzene rings is 2. The Morgan fingerprint density at radius 3 is 2.43 bits per heavy atom. The van der Waals surface area contributed by atoms with Crippen molar-refractivity contribution < 1.29 is 8.42 Å². The van der Waals surface area contributed by atoms with Crippen LogP contribution in [0.2, 0.25) is 0 Å². The molecule has 150 valence electrons. The third-order valence-corrected chi connectivity index (χ3v) is 7.07. The van der Waals surface area contributed by atoms with Crippen LogP contribution in [0, 0.1) is 0 Å². The Kier molecular flexibility index (Phi) is 6.12. The molecule has 0 spiro atoms. The lowest BCUT2D eigenvalue weighted by atomic mass is 10.1. The predicted octanol–water partition coefficient (Wildman–Crippen LogP) is 2.85. The summed E-state index contributed by atoms with van der Waals surface area (Å²) >= 11 is 0. The predicted molar refractivity (Wildman–Crippen MR) is 110 cm³/mol. The third kappa shape index (κ3) is 4.09. The lowest BCUT2D eigenvalue weighted by molar-refractivity contribution is 0.445. The van der Waals surface area contributed by atoms with Gasteiger partial charge in [-0.1, -0.05) is 37.3 Å². The average Bonchev–Trinajstić information content (AvgIpc) is 3.07. The fourth-order valence-electron chi connectivity index (χ4n) is 3.23. The molecule has 28 heavy (non-hydrogen) atoms. The normalized spacial score (nSPS) is 13.3. The van der Waals surface area contributed by atoms with E-state index in [0.717, 1.165) is 22.2 Å². The summed E-state index contributed by atoms with van der Waals surface area (Å²) in [7, 11) is -1.55. The van der Waals surface area contributed by atoms with Crippen LogP contribution in [-0.4, -0.2) is 40.8 Å². The fraction of sp³-hybridized carbons (Fsp3) is 0.400. The molecule has 0 unspecified atom stereocenters. The van der Waals surface area contributed by atoms with E-state index < -0.39 is 10.0 Å². The van der Waals surface area contributed by atoms with Crippen LogP contribution in [0.15, 0.2) is 47.4 Å². The Morgan fingerprint density at radius 2 is 1.79 bits per heavy atom. The largest absolute Gasteiger partial charge is 0.306 e. The van der Waals surface area contributed by atoms with Gasteiger partial charge in [0.2, 0.25) is 10.0 Å². The maximum atomic E-state index is 12.6. The Balaban J connectivity index is 1.68. The topological polar surface area (TPSA) is 80.1 Å². The molecule has 0 fully saturated rings. The van der Waals surface area contributed by atoms with Crippen LogP contribution in [0.5, 0.6) is 0 Å². The van der Waals surface area contributed by atoms with Crippen molar-refractivity contribution in [2.24, 2.45) is 7.05 Å². The molecule has 3 rings (SSSR count). The molecule has 3 aromatic rings. The number of rotatable bonds is 8. The van der Waals surface area contributed by atoms with Gasteiger partial charge in [-0.25, -0.2) is 13.1 Å². The van der Waals surface area contributed by atoms with E-state index in [1.54, 1.807) is 16.8 Å². The second kappa shape index (κ2) is 8.38. The van der Waals surface area contributed by atoms with Crippen molar-refractivity contribution in [3.8, 4) is 0 Å². The summed E-state index contributed by atoms with van der Waals surface area (Å²) in [6, 6.07) is 13.3. The molecule has 1 N–H and O–H groups in total. The van der Waals surface area contributed by atoms with Gasteiger partial charge in [-0.3, -0.25) is 0 Å². The number of aromatic nitrogens is 3. The summed E-state index contributed by atoms with van der Waals surface area (Å²) in [4.78, 5) is 0.334. The van der Waals surface area contributed by atoms with Gasteiger partial charge < -0.3 is 5.32 Å². The van der Waals surface area contributed by atoms with Crippen molar-refractivity contribution in [2.75, 3.05) is 13.1 Å². The molecule has 1 heterocycles. The van der Waals surface area contributed by atoms with E-state index in [9.17, 15) is 8.42 Å². The lowest BCUT2D eigenvalue weighted by Gasteiger charge is -2.19. The summed E-state index contributed by atoms with van der Waals surface area (Å²) in [5, 5.41) is 11.7. The monoisotopic (exact) mass is 401 g/mol. The Hall–Kier alpha value is -2.29. The molecule has 0 radical (unpaired) electrons. The van der Waals surface area contributed by atoms with Gasteiger partial charge >= 0.3 is 0 Å². The molecule has 0 aliphatic heterocycles. The third-order valence-electron chi connectivity index (χ3n) is 5.01. The highest BCUT2D eigenvalue weighted by atomic mass is 32.2. The Labute approximate surface area is 166 Å². The van der Waals surface area contributed by atoms with Crippen molar-refractivity contribution in [3.63, 3.8) is 0 Å². The Morgan fingerprint density at radius 1 is 1.11 bits per heavy atom. The van der Waals surface area contributed by atoms with E-state index in [4.69, 9.17) is 0 Å². The van der Waals surface area contributed by atoms with Gasteiger partial charge in [-0.2, -0.15) is 4.31 Å². The fourth-order valence-corrected chi connectivity index (χ4v) is 4.68. The van der Waals surface area contributed by atoms with E-state index in [2.05, 4.69) is 28.6 Å². The zero-order chi connectivity index (χ0) is 20.3. The minimum absolute atomic E-state index is 0.0859. The van der Waals surface area contributed by atoms with E-state index in [0.29, 0.717) is 24.5 Å².